The summed E-state index contributed by atoms with van der Waals surface area (Å²) < 4.78 is 0. The van der Waals surface area contributed by atoms with Gasteiger partial charge in [-0.05, 0) is 25.2 Å². The minimum atomic E-state index is -0.422. The number of nitrogens with one attached hydrogen (secondary N) is 1. The van der Waals surface area contributed by atoms with Gasteiger partial charge >= 0.3 is 0 Å². The Morgan fingerprint density at radius 3 is 2.07 bits per heavy atom. The van der Waals surface area contributed by atoms with Crippen LogP contribution in [-0.2, 0) is 4.79 Å². The van der Waals surface area contributed by atoms with Gasteiger partial charge in [0, 0.05) is 18.5 Å². The van der Waals surface area contributed by atoms with Gasteiger partial charge in [0.1, 0.15) is 0 Å². The average molecular weight is 214 g/mol. The van der Waals surface area contributed by atoms with E-state index in [4.69, 9.17) is 5.73 Å². The molecule has 0 aromatic carbocycles. The highest BCUT2D eigenvalue weighted by Gasteiger charge is 2.21. The third-order valence-electron chi connectivity index (χ3n) is 2.70. The zero-order valence-corrected chi connectivity index (χ0v) is 11.0. The molecule has 0 aliphatic heterocycles. The maximum Gasteiger partial charge on any atom is 0.221 e. The van der Waals surface area contributed by atoms with Gasteiger partial charge < -0.3 is 11.1 Å². The Balaban J connectivity index is 3.92. The summed E-state index contributed by atoms with van der Waals surface area (Å²) >= 11 is 0. The largest absolute Gasteiger partial charge is 0.356 e. The van der Waals surface area contributed by atoms with E-state index in [1.807, 2.05) is 13.8 Å². The van der Waals surface area contributed by atoms with Crippen molar-refractivity contribution in [2.45, 2.75) is 53.5 Å². The van der Waals surface area contributed by atoms with Crippen molar-refractivity contribution in [3.8, 4) is 0 Å². The topological polar surface area (TPSA) is 55.1 Å². The third-order valence-corrected chi connectivity index (χ3v) is 2.70. The van der Waals surface area contributed by atoms with Crippen LogP contribution < -0.4 is 11.1 Å². The van der Waals surface area contributed by atoms with Crippen molar-refractivity contribution in [1.82, 2.24) is 5.32 Å². The van der Waals surface area contributed by atoms with Crippen molar-refractivity contribution >= 4 is 5.91 Å². The minimum Gasteiger partial charge on any atom is -0.356 e. The molecule has 0 aromatic rings. The van der Waals surface area contributed by atoms with Gasteiger partial charge in [0.25, 0.3) is 0 Å². The lowest BCUT2D eigenvalue weighted by Gasteiger charge is -2.28. The van der Waals surface area contributed by atoms with Crippen LogP contribution in [0.1, 0.15) is 48.0 Å². The van der Waals surface area contributed by atoms with E-state index in [1.54, 1.807) is 0 Å². The van der Waals surface area contributed by atoms with Gasteiger partial charge in [0.2, 0.25) is 5.91 Å². The molecule has 0 spiro atoms. The van der Waals surface area contributed by atoms with Crippen molar-refractivity contribution in [3.05, 3.63) is 0 Å². The van der Waals surface area contributed by atoms with E-state index in [-0.39, 0.29) is 11.3 Å². The van der Waals surface area contributed by atoms with Crippen molar-refractivity contribution in [2.75, 3.05) is 6.54 Å². The smallest absolute Gasteiger partial charge is 0.221 e. The first-order chi connectivity index (χ1) is 6.52. The summed E-state index contributed by atoms with van der Waals surface area (Å²) in [7, 11) is 0. The summed E-state index contributed by atoms with van der Waals surface area (Å²) in [5.74, 6) is 0.501. The van der Waals surface area contributed by atoms with Gasteiger partial charge in [-0.25, -0.2) is 0 Å². The number of amides is 1. The molecular weight excluding hydrogens is 188 g/mol. The van der Waals surface area contributed by atoms with Crippen molar-refractivity contribution in [3.63, 3.8) is 0 Å². The van der Waals surface area contributed by atoms with Crippen LogP contribution in [0.25, 0.3) is 0 Å². The van der Waals surface area contributed by atoms with Crippen LogP contribution in [0.15, 0.2) is 0 Å². The van der Waals surface area contributed by atoms with Gasteiger partial charge in [-0.1, -0.05) is 27.7 Å². The van der Waals surface area contributed by atoms with Gasteiger partial charge in [0.05, 0.1) is 0 Å². The molecule has 0 saturated heterocycles. The molecule has 0 bridgehead atoms. The summed E-state index contributed by atoms with van der Waals surface area (Å²) in [5.41, 5.74) is 5.57. The molecule has 0 aromatic heterocycles. The summed E-state index contributed by atoms with van der Waals surface area (Å²) in [6.45, 7) is 13.1. The van der Waals surface area contributed by atoms with E-state index in [9.17, 15) is 4.79 Å². The lowest BCUT2D eigenvalue weighted by molar-refractivity contribution is -0.122. The van der Waals surface area contributed by atoms with E-state index in [0.29, 0.717) is 12.3 Å². The van der Waals surface area contributed by atoms with Crippen LogP contribution >= 0.6 is 0 Å². The van der Waals surface area contributed by atoms with Crippen molar-refractivity contribution < 1.29 is 4.79 Å². The maximum atomic E-state index is 11.5. The average Bonchev–Trinajstić information content (AvgIpc) is 1.94. The molecule has 0 saturated carbocycles. The molecule has 0 aliphatic rings. The second-order valence-corrected chi connectivity index (χ2v) is 6.24. The van der Waals surface area contributed by atoms with E-state index >= 15 is 0 Å². The molecule has 0 rings (SSSR count). The predicted octanol–water partition coefficient (Wildman–Crippen LogP) is 1.91. The van der Waals surface area contributed by atoms with Crippen LogP contribution in [0.3, 0.4) is 0 Å². The number of rotatable bonds is 4. The fourth-order valence-electron chi connectivity index (χ4n) is 1.05. The monoisotopic (exact) mass is 214 g/mol. The van der Waals surface area contributed by atoms with Gasteiger partial charge in [-0.2, -0.15) is 0 Å². The predicted molar refractivity (Wildman–Crippen MR) is 64.5 cm³/mol. The molecule has 0 heterocycles. The molecule has 3 heteroatoms. The van der Waals surface area contributed by atoms with Crippen molar-refractivity contribution in [2.24, 2.45) is 17.1 Å². The summed E-state index contributed by atoms with van der Waals surface area (Å²) in [5, 5.41) is 2.93. The maximum absolute atomic E-state index is 11.5. The van der Waals surface area contributed by atoms with Crippen molar-refractivity contribution in [1.29, 1.82) is 0 Å². The molecule has 3 nitrogen and oxygen atoms in total. The lowest BCUT2D eigenvalue weighted by Crippen LogP contribution is -2.41. The quantitative estimate of drug-likeness (QED) is 0.751. The molecule has 0 fully saturated rings. The SMILES string of the molecule is CC(CNC(=O)CC(C)(C)N)C(C)(C)C. The zero-order chi connectivity index (χ0) is 12.3. The highest BCUT2D eigenvalue weighted by Crippen LogP contribution is 2.24. The van der Waals surface area contributed by atoms with Gasteiger partial charge in [-0.3, -0.25) is 4.79 Å². The lowest BCUT2D eigenvalue weighted by atomic mass is 9.82. The Kier molecular flexibility index (Phi) is 4.78. The minimum absolute atomic E-state index is 0.0404. The van der Waals surface area contributed by atoms with E-state index < -0.39 is 5.54 Å². The van der Waals surface area contributed by atoms with Crippen LogP contribution in [0.2, 0.25) is 0 Å². The fourth-order valence-corrected chi connectivity index (χ4v) is 1.05. The summed E-state index contributed by atoms with van der Waals surface area (Å²) in [6, 6.07) is 0. The molecule has 3 N–H and O–H groups in total. The molecule has 0 aliphatic carbocycles. The zero-order valence-electron chi connectivity index (χ0n) is 11.0. The van der Waals surface area contributed by atoms with E-state index in [0.717, 1.165) is 6.54 Å². The molecule has 15 heavy (non-hydrogen) atoms. The second-order valence-electron chi connectivity index (χ2n) is 6.24. The standard InChI is InChI=1S/C12H26N2O/c1-9(11(2,3)4)8-14-10(15)7-12(5,6)13/h9H,7-8,13H2,1-6H3,(H,14,15). The van der Waals surface area contributed by atoms with Gasteiger partial charge in [-0.15, -0.1) is 0 Å². The highest BCUT2D eigenvalue weighted by atomic mass is 16.1. The first-order valence-corrected chi connectivity index (χ1v) is 5.58. The molecule has 1 unspecified atom stereocenters. The van der Waals surface area contributed by atoms with Crippen LogP contribution in [0, 0.1) is 11.3 Å². The number of carbonyl (C=O) groups is 1. The van der Waals surface area contributed by atoms with Crippen LogP contribution in [0.4, 0.5) is 0 Å². The van der Waals surface area contributed by atoms with E-state index in [1.165, 1.54) is 0 Å². The molecule has 1 atom stereocenters. The Labute approximate surface area is 93.8 Å². The number of hydrogen-bond acceptors (Lipinski definition) is 2. The molecule has 90 valence electrons. The second kappa shape index (κ2) is 4.97. The number of carbonyl (C=O) groups excluding carboxylic acids is 1. The Hall–Kier alpha value is -0.570. The highest BCUT2D eigenvalue weighted by molar-refractivity contribution is 5.77. The summed E-state index contributed by atoms with van der Waals surface area (Å²) in [6.07, 6.45) is 0.379. The van der Waals surface area contributed by atoms with Gasteiger partial charge in [0.15, 0.2) is 0 Å². The van der Waals surface area contributed by atoms with Crippen LogP contribution in [-0.4, -0.2) is 18.0 Å². The summed E-state index contributed by atoms with van der Waals surface area (Å²) in [4.78, 5) is 11.5. The van der Waals surface area contributed by atoms with E-state index in [2.05, 4.69) is 33.0 Å². The Morgan fingerprint density at radius 1 is 1.27 bits per heavy atom. The first kappa shape index (κ1) is 14.4. The normalized spacial score (nSPS) is 14.9. The third kappa shape index (κ3) is 7.37. The van der Waals surface area contributed by atoms with Crippen LogP contribution in [0.5, 0.6) is 0 Å². The Bertz CT molecular complexity index is 211. The number of hydrogen-bond donors (Lipinski definition) is 2. The Morgan fingerprint density at radius 2 is 1.73 bits per heavy atom. The molecule has 1 amide bonds. The first-order valence-electron chi connectivity index (χ1n) is 5.58. The molecular formula is C12H26N2O. The number of nitrogens with two attached hydrogens (primary N) is 1. The fraction of sp³-hybridized carbons (Fsp3) is 0.917. The molecule has 0 radical (unpaired) electrons.